The van der Waals surface area contributed by atoms with Gasteiger partial charge in [-0.05, 0) is 50.9 Å². The monoisotopic (exact) mass is 273 g/mol. The normalized spacial score (nSPS) is 11.2. The van der Waals surface area contributed by atoms with E-state index >= 15 is 0 Å². The zero-order valence-corrected chi connectivity index (χ0v) is 12.7. The molecule has 0 aromatic carbocycles. The lowest BCUT2D eigenvalue weighted by atomic mass is 10.1. The summed E-state index contributed by atoms with van der Waals surface area (Å²) < 4.78 is 1.88. The summed E-state index contributed by atoms with van der Waals surface area (Å²) in [5.74, 6) is 0.777. The first-order valence-corrected chi connectivity index (χ1v) is 7.16. The van der Waals surface area contributed by atoms with Crippen molar-refractivity contribution in [3.63, 3.8) is 0 Å². The van der Waals surface area contributed by atoms with Gasteiger partial charge in [0.25, 0.3) is 0 Å². The summed E-state index contributed by atoms with van der Waals surface area (Å²) in [5, 5.41) is 16.1. The number of hydrogen-bond donors (Lipinski definition) is 1. The van der Waals surface area contributed by atoms with Crippen molar-refractivity contribution in [1.29, 1.82) is 0 Å². The highest BCUT2D eigenvalue weighted by atomic mass is 15.3. The summed E-state index contributed by atoms with van der Waals surface area (Å²) >= 11 is 0. The molecule has 0 amide bonds. The number of rotatable bonds is 6. The molecule has 0 saturated carbocycles. The molecule has 2 heterocycles. The lowest BCUT2D eigenvalue weighted by Gasteiger charge is -2.08. The van der Waals surface area contributed by atoms with Gasteiger partial charge >= 0.3 is 0 Å². The number of nitrogens with one attached hydrogen (secondary N) is 1. The number of hydrogen-bond acceptors (Lipinski definition) is 4. The quantitative estimate of drug-likeness (QED) is 0.820. The molecular formula is C15H23N5. The van der Waals surface area contributed by atoms with E-state index in [4.69, 9.17) is 0 Å². The van der Waals surface area contributed by atoms with Crippen LogP contribution in [0.15, 0.2) is 18.3 Å². The van der Waals surface area contributed by atoms with E-state index in [1.165, 1.54) is 5.56 Å². The van der Waals surface area contributed by atoms with Crippen LogP contribution >= 0.6 is 0 Å². The molecule has 0 bridgehead atoms. The first kappa shape index (κ1) is 14.7. The summed E-state index contributed by atoms with van der Waals surface area (Å²) in [6.07, 6.45) is 3.83. The molecule has 2 aromatic rings. The van der Waals surface area contributed by atoms with Crippen LogP contribution in [0.3, 0.4) is 0 Å². The van der Waals surface area contributed by atoms with Crippen molar-refractivity contribution >= 4 is 0 Å². The van der Waals surface area contributed by atoms with Crippen molar-refractivity contribution in [3.05, 3.63) is 35.3 Å². The van der Waals surface area contributed by atoms with Crippen LogP contribution in [0.1, 0.15) is 37.2 Å². The molecule has 5 nitrogen and oxygen atoms in total. The van der Waals surface area contributed by atoms with E-state index in [0.29, 0.717) is 6.04 Å². The Bertz CT molecular complexity index is 545. The number of nitrogens with zero attached hydrogens (tertiary/aromatic N) is 4. The minimum atomic E-state index is 0.541. The molecule has 0 aliphatic carbocycles. The van der Waals surface area contributed by atoms with Gasteiger partial charge in [-0.1, -0.05) is 13.8 Å². The predicted molar refractivity (Wildman–Crippen MR) is 80.1 cm³/mol. The van der Waals surface area contributed by atoms with E-state index in [-0.39, 0.29) is 0 Å². The molecule has 0 aliphatic rings. The minimum absolute atomic E-state index is 0.541. The average Bonchev–Trinajstić information content (AvgIpc) is 2.71. The SMILES string of the molecule is Cc1nn(-c2cccnn2)c(C)c1CCCNC(C)C. The Morgan fingerprint density at radius 3 is 2.75 bits per heavy atom. The molecule has 0 radical (unpaired) electrons. The van der Waals surface area contributed by atoms with Crippen LogP contribution in [-0.2, 0) is 6.42 Å². The fraction of sp³-hybridized carbons (Fsp3) is 0.533. The zero-order chi connectivity index (χ0) is 14.5. The highest BCUT2D eigenvalue weighted by Gasteiger charge is 2.13. The lowest BCUT2D eigenvalue weighted by molar-refractivity contribution is 0.570. The van der Waals surface area contributed by atoms with Crippen molar-refractivity contribution in [3.8, 4) is 5.82 Å². The van der Waals surface area contributed by atoms with Crippen molar-refractivity contribution < 1.29 is 0 Å². The van der Waals surface area contributed by atoms with E-state index in [1.807, 2.05) is 16.8 Å². The maximum atomic E-state index is 4.59. The highest BCUT2D eigenvalue weighted by Crippen LogP contribution is 2.17. The summed E-state index contributed by atoms with van der Waals surface area (Å²) in [6, 6.07) is 4.35. The molecule has 2 rings (SSSR count). The third kappa shape index (κ3) is 3.42. The Kier molecular flexibility index (Phi) is 4.84. The highest BCUT2D eigenvalue weighted by molar-refractivity contribution is 5.31. The lowest BCUT2D eigenvalue weighted by Crippen LogP contribution is -2.24. The zero-order valence-electron chi connectivity index (χ0n) is 12.7. The maximum absolute atomic E-state index is 4.59. The third-order valence-electron chi connectivity index (χ3n) is 3.37. The summed E-state index contributed by atoms with van der Waals surface area (Å²) in [6.45, 7) is 9.53. The molecule has 0 aliphatic heterocycles. The minimum Gasteiger partial charge on any atom is -0.315 e. The van der Waals surface area contributed by atoms with E-state index < -0.39 is 0 Å². The molecule has 1 N–H and O–H groups in total. The second-order valence-electron chi connectivity index (χ2n) is 5.36. The smallest absolute Gasteiger partial charge is 0.175 e. The van der Waals surface area contributed by atoms with Gasteiger partial charge in [-0.25, -0.2) is 4.68 Å². The molecule has 2 aromatic heterocycles. The van der Waals surface area contributed by atoms with E-state index in [0.717, 1.165) is 36.6 Å². The maximum Gasteiger partial charge on any atom is 0.175 e. The van der Waals surface area contributed by atoms with Crippen LogP contribution in [0.2, 0.25) is 0 Å². The summed E-state index contributed by atoms with van der Waals surface area (Å²) in [5.41, 5.74) is 3.56. The van der Waals surface area contributed by atoms with Crippen LogP contribution in [-0.4, -0.2) is 32.6 Å². The second-order valence-corrected chi connectivity index (χ2v) is 5.36. The van der Waals surface area contributed by atoms with E-state index in [1.54, 1.807) is 6.20 Å². The van der Waals surface area contributed by atoms with Gasteiger partial charge in [0.1, 0.15) is 0 Å². The van der Waals surface area contributed by atoms with Gasteiger partial charge in [0, 0.05) is 17.9 Å². The third-order valence-corrected chi connectivity index (χ3v) is 3.37. The molecule has 108 valence electrons. The Morgan fingerprint density at radius 1 is 1.30 bits per heavy atom. The fourth-order valence-corrected chi connectivity index (χ4v) is 2.32. The largest absolute Gasteiger partial charge is 0.315 e. The number of aromatic nitrogens is 4. The van der Waals surface area contributed by atoms with Gasteiger partial charge in [-0.3, -0.25) is 0 Å². The Hall–Kier alpha value is -1.75. The van der Waals surface area contributed by atoms with Crippen LogP contribution in [0, 0.1) is 13.8 Å². The van der Waals surface area contributed by atoms with E-state index in [2.05, 4.69) is 48.3 Å². The van der Waals surface area contributed by atoms with Gasteiger partial charge in [0.15, 0.2) is 5.82 Å². The van der Waals surface area contributed by atoms with E-state index in [9.17, 15) is 0 Å². The van der Waals surface area contributed by atoms with Crippen molar-refractivity contribution in [2.45, 2.75) is 46.6 Å². The topological polar surface area (TPSA) is 55.6 Å². The van der Waals surface area contributed by atoms with Gasteiger partial charge in [0.05, 0.1) is 5.69 Å². The molecule has 0 atom stereocenters. The molecule has 0 saturated heterocycles. The van der Waals surface area contributed by atoms with Crippen LogP contribution in [0.25, 0.3) is 5.82 Å². The summed E-state index contributed by atoms with van der Waals surface area (Å²) in [7, 11) is 0. The first-order chi connectivity index (χ1) is 9.59. The van der Waals surface area contributed by atoms with Crippen LogP contribution in [0.4, 0.5) is 0 Å². The number of aryl methyl sites for hydroxylation is 1. The Balaban J connectivity index is 2.09. The molecular weight excluding hydrogens is 250 g/mol. The van der Waals surface area contributed by atoms with Crippen LogP contribution < -0.4 is 5.32 Å². The van der Waals surface area contributed by atoms with Crippen LogP contribution in [0.5, 0.6) is 0 Å². The Labute approximate surface area is 120 Å². The van der Waals surface area contributed by atoms with Gasteiger partial charge in [0.2, 0.25) is 0 Å². The van der Waals surface area contributed by atoms with Gasteiger partial charge < -0.3 is 5.32 Å². The van der Waals surface area contributed by atoms with Crippen molar-refractivity contribution in [2.24, 2.45) is 0 Å². The van der Waals surface area contributed by atoms with Crippen molar-refractivity contribution in [2.75, 3.05) is 6.54 Å². The molecule has 0 fully saturated rings. The molecule has 5 heteroatoms. The van der Waals surface area contributed by atoms with Crippen molar-refractivity contribution in [1.82, 2.24) is 25.3 Å². The molecule has 0 unspecified atom stereocenters. The van der Waals surface area contributed by atoms with Gasteiger partial charge in [-0.15, -0.1) is 5.10 Å². The Morgan fingerprint density at radius 2 is 2.10 bits per heavy atom. The molecule has 20 heavy (non-hydrogen) atoms. The average molecular weight is 273 g/mol. The summed E-state index contributed by atoms with van der Waals surface area (Å²) in [4.78, 5) is 0. The first-order valence-electron chi connectivity index (χ1n) is 7.16. The van der Waals surface area contributed by atoms with Gasteiger partial charge in [-0.2, -0.15) is 10.2 Å². The fourth-order valence-electron chi connectivity index (χ4n) is 2.32. The predicted octanol–water partition coefficient (Wildman–Crippen LogP) is 2.21. The second kappa shape index (κ2) is 6.61. The molecule has 0 spiro atoms. The standard InChI is InChI=1S/C15H23N5/c1-11(2)16-9-5-7-14-12(3)19-20(13(14)4)15-8-6-10-17-18-15/h6,8,10-11,16H,5,7,9H2,1-4H3.